The molecule has 2 heterocycles. The van der Waals surface area contributed by atoms with Gasteiger partial charge in [-0.05, 0) is 5.56 Å². The number of hydrogen-bond acceptors (Lipinski definition) is 7. The molecule has 33 heavy (non-hydrogen) atoms. The second-order valence-electron chi connectivity index (χ2n) is 6.87. The highest BCUT2D eigenvalue weighted by Gasteiger charge is 2.25. The molecule has 0 fully saturated rings. The van der Waals surface area contributed by atoms with E-state index in [1.807, 2.05) is 6.07 Å². The van der Waals surface area contributed by atoms with Gasteiger partial charge in [-0.3, -0.25) is 23.9 Å². The average Bonchev–Trinajstić information content (AvgIpc) is 2.79. The minimum atomic E-state index is -0.860. The molecule has 0 aliphatic heterocycles. The number of nitrogens with one attached hydrogen (secondary N) is 1. The van der Waals surface area contributed by atoms with Gasteiger partial charge in [-0.2, -0.15) is 5.10 Å². The molecular weight excluding hydrogens is 475 g/mol. The van der Waals surface area contributed by atoms with Gasteiger partial charge in [0.05, 0.1) is 24.4 Å². The van der Waals surface area contributed by atoms with Crippen molar-refractivity contribution in [1.82, 2.24) is 19.3 Å². The number of nitrogens with zero attached hydrogens (tertiary/aromatic N) is 4. The van der Waals surface area contributed by atoms with Crippen LogP contribution in [0.4, 0.5) is 11.5 Å². The normalized spacial score (nSPS) is 10.9. The van der Waals surface area contributed by atoms with Gasteiger partial charge < -0.3 is 15.4 Å². The molecule has 0 radical (unpaired) electrons. The van der Waals surface area contributed by atoms with Crippen LogP contribution < -0.4 is 27.4 Å². The van der Waals surface area contributed by atoms with Crippen LogP contribution >= 0.6 is 23.2 Å². The molecule has 0 aliphatic rings. The zero-order valence-electron chi connectivity index (χ0n) is 17.5. The van der Waals surface area contributed by atoms with E-state index in [1.54, 1.807) is 24.3 Å². The average molecular weight is 495 g/mol. The third kappa shape index (κ3) is 5.33. The van der Waals surface area contributed by atoms with Crippen LogP contribution in [0, 0.1) is 0 Å². The van der Waals surface area contributed by atoms with Gasteiger partial charge in [0.2, 0.25) is 5.91 Å². The zero-order valence-corrected chi connectivity index (χ0v) is 19.0. The van der Waals surface area contributed by atoms with Gasteiger partial charge in [0.15, 0.2) is 5.69 Å². The Hall–Kier alpha value is -3.41. The maximum atomic E-state index is 13.1. The molecule has 174 valence electrons. The largest absolute Gasteiger partial charge is 0.383 e. The maximum absolute atomic E-state index is 13.1. The quantitative estimate of drug-likeness (QED) is 0.468. The number of halogens is 2. The zero-order chi connectivity index (χ0) is 24.1. The number of H-pyrrole nitrogens is 1. The van der Waals surface area contributed by atoms with E-state index in [0.717, 1.165) is 25.9 Å². The molecule has 2 aromatic heterocycles. The number of ether oxygens (including phenoxy) is 1. The summed E-state index contributed by atoms with van der Waals surface area (Å²) in [6.07, 6.45) is 1.12. The predicted octanol–water partition coefficient (Wildman–Crippen LogP) is 0.710. The summed E-state index contributed by atoms with van der Waals surface area (Å²) in [6.45, 7) is -0.528. The molecule has 0 aliphatic carbocycles. The molecule has 3 aromatic rings. The van der Waals surface area contributed by atoms with E-state index in [2.05, 4.69) is 10.1 Å². The number of amides is 1. The Bertz CT molecular complexity index is 1340. The second-order valence-corrected chi connectivity index (χ2v) is 7.66. The van der Waals surface area contributed by atoms with Crippen molar-refractivity contribution in [2.24, 2.45) is 0 Å². The van der Waals surface area contributed by atoms with Crippen LogP contribution in [0.15, 0.2) is 50.9 Å². The molecule has 11 nitrogen and oxygen atoms in total. The van der Waals surface area contributed by atoms with Crippen LogP contribution in [-0.4, -0.2) is 45.5 Å². The molecule has 3 N–H and O–H groups in total. The number of benzene rings is 1. The number of nitrogen functional groups attached to an aromatic ring is 1. The Kier molecular flexibility index (Phi) is 7.69. The van der Waals surface area contributed by atoms with Crippen molar-refractivity contribution >= 4 is 40.6 Å². The van der Waals surface area contributed by atoms with Gasteiger partial charge in [-0.15, -0.1) is 0 Å². The molecule has 0 bridgehead atoms. The fraction of sp³-hybridized carbons (Fsp3) is 0.250. The minimum Gasteiger partial charge on any atom is -0.383 e. The van der Waals surface area contributed by atoms with Crippen molar-refractivity contribution in [2.45, 2.75) is 13.1 Å². The predicted molar refractivity (Wildman–Crippen MR) is 124 cm³/mol. The summed E-state index contributed by atoms with van der Waals surface area (Å²) >= 11 is 11.6. The summed E-state index contributed by atoms with van der Waals surface area (Å²) in [4.78, 5) is 53.8. The van der Waals surface area contributed by atoms with E-state index in [0.29, 0.717) is 0 Å². The van der Waals surface area contributed by atoms with Crippen molar-refractivity contribution in [3.63, 3.8) is 0 Å². The number of aromatic nitrogens is 4. The van der Waals surface area contributed by atoms with Gasteiger partial charge in [0, 0.05) is 13.7 Å². The van der Waals surface area contributed by atoms with Crippen LogP contribution in [0.5, 0.6) is 0 Å². The first-order valence-corrected chi connectivity index (χ1v) is 10.4. The highest BCUT2D eigenvalue weighted by Crippen LogP contribution is 2.19. The van der Waals surface area contributed by atoms with E-state index < -0.39 is 29.3 Å². The Morgan fingerprint density at radius 2 is 1.91 bits per heavy atom. The number of hydrogen-bond donors (Lipinski definition) is 2. The van der Waals surface area contributed by atoms with Crippen LogP contribution in [0.3, 0.4) is 0 Å². The number of methoxy groups -OCH3 is 1. The van der Waals surface area contributed by atoms with Crippen molar-refractivity contribution in [1.29, 1.82) is 0 Å². The van der Waals surface area contributed by atoms with Crippen molar-refractivity contribution in [3.8, 4) is 0 Å². The van der Waals surface area contributed by atoms with Crippen LogP contribution in [0.1, 0.15) is 5.56 Å². The smallest absolute Gasteiger partial charge is 0.330 e. The van der Waals surface area contributed by atoms with E-state index in [9.17, 15) is 19.2 Å². The number of rotatable bonds is 8. The Labute approximate surface area is 196 Å². The van der Waals surface area contributed by atoms with Crippen molar-refractivity contribution in [3.05, 3.63) is 83.3 Å². The fourth-order valence-electron chi connectivity index (χ4n) is 3.08. The third-order valence-corrected chi connectivity index (χ3v) is 5.46. The van der Waals surface area contributed by atoms with Gasteiger partial charge in [-0.25, -0.2) is 9.48 Å². The first-order chi connectivity index (χ1) is 15.7. The molecule has 0 saturated heterocycles. The number of nitrogens with two attached hydrogens (primary N) is 1. The van der Waals surface area contributed by atoms with E-state index in [1.165, 1.54) is 7.11 Å². The Morgan fingerprint density at radius 3 is 2.58 bits per heavy atom. The lowest BCUT2D eigenvalue weighted by Gasteiger charge is -2.24. The Balaban J connectivity index is 2.05. The monoisotopic (exact) mass is 494 g/mol. The molecule has 0 saturated carbocycles. The van der Waals surface area contributed by atoms with Crippen LogP contribution in [-0.2, 0) is 22.6 Å². The first kappa shape index (κ1) is 24.2. The SMILES string of the molecule is COCCN(C(=O)Cn1ncc(Cl)c(Cl)c1=O)c1c(N)n(Cc2ccccc2)c(=O)[nH]c1=O. The molecule has 13 heteroatoms. The molecule has 0 atom stereocenters. The number of carbonyl (C=O) groups is 1. The standard InChI is InChI=1S/C20H20Cl2N6O5/c1-33-8-7-26(14(29)11-28-19(31)15(22)13(21)9-24-28)16-17(23)27(20(32)25-18(16)30)10-12-5-3-2-4-6-12/h2-6,9H,7-8,10-11,23H2,1H3,(H,25,30,32). The molecule has 1 aromatic carbocycles. The molecule has 0 unspecified atom stereocenters. The van der Waals surface area contributed by atoms with Gasteiger partial charge >= 0.3 is 5.69 Å². The summed E-state index contributed by atoms with van der Waals surface area (Å²) in [7, 11) is 1.41. The highest BCUT2D eigenvalue weighted by molar-refractivity contribution is 6.41. The number of anilines is 2. The van der Waals surface area contributed by atoms with E-state index >= 15 is 0 Å². The minimum absolute atomic E-state index is 0.0478. The van der Waals surface area contributed by atoms with E-state index in [-0.39, 0.29) is 41.2 Å². The van der Waals surface area contributed by atoms with E-state index in [4.69, 9.17) is 33.7 Å². The van der Waals surface area contributed by atoms with Gasteiger partial charge in [0.1, 0.15) is 17.4 Å². The Morgan fingerprint density at radius 1 is 1.21 bits per heavy atom. The lowest BCUT2D eigenvalue weighted by atomic mass is 10.2. The maximum Gasteiger partial charge on any atom is 0.330 e. The molecular formula is C20H20Cl2N6O5. The number of aromatic amines is 1. The lowest BCUT2D eigenvalue weighted by molar-refractivity contribution is -0.119. The second kappa shape index (κ2) is 10.5. The molecule has 3 rings (SSSR count). The summed E-state index contributed by atoms with van der Waals surface area (Å²) in [5, 5.41) is 3.45. The summed E-state index contributed by atoms with van der Waals surface area (Å²) in [6, 6.07) is 8.97. The van der Waals surface area contributed by atoms with Crippen LogP contribution in [0.2, 0.25) is 10.0 Å². The summed E-state index contributed by atoms with van der Waals surface area (Å²) < 4.78 is 6.99. The van der Waals surface area contributed by atoms with Crippen molar-refractivity contribution in [2.75, 3.05) is 30.9 Å². The first-order valence-electron chi connectivity index (χ1n) is 9.61. The van der Waals surface area contributed by atoms with Gasteiger partial charge in [-0.1, -0.05) is 53.5 Å². The van der Waals surface area contributed by atoms with Crippen LogP contribution in [0.25, 0.3) is 0 Å². The topological polar surface area (TPSA) is 145 Å². The number of carbonyl (C=O) groups excluding carboxylic acids is 1. The highest BCUT2D eigenvalue weighted by atomic mass is 35.5. The lowest BCUT2D eigenvalue weighted by Crippen LogP contribution is -2.45. The molecule has 1 amide bonds. The van der Waals surface area contributed by atoms with Crippen molar-refractivity contribution < 1.29 is 9.53 Å². The third-order valence-electron chi connectivity index (χ3n) is 4.71. The fourth-order valence-corrected chi connectivity index (χ4v) is 3.35. The summed E-state index contributed by atoms with van der Waals surface area (Å²) in [5.41, 5.74) is 4.33. The molecule has 0 spiro atoms. The van der Waals surface area contributed by atoms with Gasteiger partial charge in [0.25, 0.3) is 11.1 Å². The summed E-state index contributed by atoms with van der Waals surface area (Å²) in [5.74, 6) is -0.923.